The molecule has 0 N–H and O–H groups in total. The van der Waals surface area contributed by atoms with Crippen molar-refractivity contribution >= 4 is 5.91 Å². The van der Waals surface area contributed by atoms with Crippen LogP contribution >= 0.6 is 0 Å². The molecule has 1 heterocycles. The molecule has 0 bridgehead atoms. The molecule has 1 aliphatic rings. The largest absolute Gasteiger partial charge is 0.372 e. The number of ether oxygens (including phenoxy) is 1. The monoisotopic (exact) mass is 199 g/mol. The lowest BCUT2D eigenvalue weighted by atomic mass is 10.1. The fourth-order valence-electron chi connectivity index (χ4n) is 1.84. The van der Waals surface area contributed by atoms with Crippen molar-refractivity contribution in [3.05, 3.63) is 0 Å². The van der Waals surface area contributed by atoms with Crippen LogP contribution < -0.4 is 0 Å². The first-order chi connectivity index (χ1) is 6.54. The molecule has 0 aromatic rings. The van der Waals surface area contributed by atoms with Crippen molar-refractivity contribution in [2.24, 2.45) is 5.92 Å². The van der Waals surface area contributed by atoms with E-state index in [4.69, 9.17) is 4.74 Å². The van der Waals surface area contributed by atoms with Crippen LogP contribution in [0.25, 0.3) is 0 Å². The Morgan fingerprint density at radius 3 is 2.36 bits per heavy atom. The highest BCUT2D eigenvalue weighted by Gasteiger charge is 2.27. The molecule has 1 amide bonds. The minimum Gasteiger partial charge on any atom is -0.372 e. The molecule has 1 aliphatic heterocycles. The second kappa shape index (κ2) is 4.78. The first-order valence-corrected chi connectivity index (χ1v) is 5.48. The normalized spacial score (nSPS) is 30.1. The number of carbonyl (C=O) groups excluding carboxylic acids is 1. The van der Waals surface area contributed by atoms with Gasteiger partial charge in [0, 0.05) is 19.0 Å². The summed E-state index contributed by atoms with van der Waals surface area (Å²) < 4.78 is 5.59. The molecule has 0 aliphatic carbocycles. The van der Waals surface area contributed by atoms with E-state index in [-0.39, 0.29) is 24.0 Å². The van der Waals surface area contributed by atoms with Gasteiger partial charge in [-0.1, -0.05) is 13.8 Å². The quantitative estimate of drug-likeness (QED) is 0.677. The van der Waals surface area contributed by atoms with Crippen LogP contribution in [-0.2, 0) is 9.53 Å². The zero-order valence-electron chi connectivity index (χ0n) is 9.62. The van der Waals surface area contributed by atoms with Gasteiger partial charge in [0.2, 0.25) is 5.91 Å². The Morgan fingerprint density at radius 2 is 1.93 bits per heavy atom. The number of nitrogens with zero attached hydrogens (tertiary/aromatic N) is 1. The van der Waals surface area contributed by atoms with E-state index in [1.807, 2.05) is 25.7 Å². The van der Waals surface area contributed by atoms with Crippen LogP contribution in [0.15, 0.2) is 0 Å². The minimum absolute atomic E-state index is 0.146. The van der Waals surface area contributed by atoms with E-state index in [0.29, 0.717) is 0 Å². The van der Waals surface area contributed by atoms with E-state index in [1.165, 1.54) is 0 Å². The third kappa shape index (κ3) is 2.71. The number of rotatable bonds is 2. The van der Waals surface area contributed by atoms with Gasteiger partial charge in [0.05, 0.1) is 12.2 Å². The average molecular weight is 199 g/mol. The minimum atomic E-state index is 0.146. The molecule has 3 atom stereocenters. The molecule has 0 aromatic carbocycles. The van der Waals surface area contributed by atoms with Crippen LogP contribution in [0, 0.1) is 5.92 Å². The zero-order chi connectivity index (χ0) is 10.7. The molecule has 0 radical (unpaired) electrons. The van der Waals surface area contributed by atoms with Crippen molar-refractivity contribution in [1.29, 1.82) is 0 Å². The van der Waals surface area contributed by atoms with Gasteiger partial charge in [0.1, 0.15) is 0 Å². The molecule has 82 valence electrons. The van der Waals surface area contributed by atoms with Gasteiger partial charge in [-0.2, -0.15) is 0 Å². The lowest BCUT2D eigenvalue weighted by Gasteiger charge is -2.36. The smallest absolute Gasteiger partial charge is 0.225 e. The molecule has 3 heteroatoms. The Bertz CT molecular complexity index is 195. The molecule has 3 unspecified atom stereocenters. The molecule has 1 rings (SSSR count). The maximum Gasteiger partial charge on any atom is 0.225 e. The first-order valence-electron chi connectivity index (χ1n) is 5.48. The molecular weight excluding hydrogens is 178 g/mol. The zero-order valence-corrected chi connectivity index (χ0v) is 9.62. The fraction of sp³-hybridized carbons (Fsp3) is 0.909. The highest BCUT2D eigenvalue weighted by atomic mass is 16.5. The molecule has 0 spiro atoms. The topological polar surface area (TPSA) is 29.5 Å². The maximum absolute atomic E-state index is 11.9. The summed E-state index contributed by atoms with van der Waals surface area (Å²) in [6.07, 6.45) is 1.26. The predicted octanol–water partition coefficient (Wildman–Crippen LogP) is 1.67. The van der Waals surface area contributed by atoms with Crippen LogP contribution in [0.2, 0.25) is 0 Å². The molecular formula is C11H21NO2. The van der Waals surface area contributed by atoms with Crippen LogP contribution in [0.3, 0.4) is 0 Å². The Morgan fingerprint density at radius 1 is 1.43 bits per heavy atom. The van der Waals surface area contributed by atoms with Crippen LogP contribution in [0.5, 0.6) is 0 Å². The summed E-state index contributed by atoms with van der Waals surface area (Å²) in [5.74, 6) is 0.419. The maximum atomic E-state index is 11.9. The molecule has 1 fully saturated rings. The van der Waals surface area contributed by atoms with Crippen molar-refractivity contribution in [1.82, 2.24) is 4.90 Å². The molecule has 0 aromatic heterocycles. The van der Waals surface area contributed by atoms with E-state index in [9.17, 15) is 4.79 Å². The van der Waals surface area contributed by atoms with Crippen LogP contribution in [0.1, 0.15) is 34.1 Å². The lowest BCUT2D eigenvalue weighted by molar-refractivity contribution is -0.147. The number of morpholine rings is 1. The average Bonchev–Trinajstić information content (AvgIpc) is 2.14. The second-order valence-electron chi connectivity index (χ2n) is 4.31. The van der Waals surface area contributed by atoms with Crippen LogP contribution in [0.4, 0.5) is 0 Å². The fourth-order valence-corrected chi connectivity index (χ4v) is 1.84. The van der Waals surface area contributed by atoms with Gasteiger partial charge >= 0.3 is 0 Å². The number of amides is 1. The molecule has 0 saturated carbocycles. The van der Waals surface area contributed by atoms with E-state index >= 15 is 0 Å². The van der Waals surface area contributed by atoms with Gasteiger partial charge in [0.25, 0.3) is 0 Å². The Balaban J connectivity index is 2.54. The standard InChI is InChI=1S/C11H21NO2/c1-5-8(2)11(13)12-6-9(3)14-10(4)7-12/h8-10H,5-7H2,1-4H3. The van der Waals surface area contributed by atoms with Crippen molar-refractivity contribution in [3.8, 4) is 0 Å². The summed E-state index contributed by atoms with van der Waals surface area (Å²) in [7, 11) is 0. The highest BCUT2D eigenvalue weighted by Crippen LogP contribution is 2.14. The van der Waals surface area contributed by atoms with Gasteiger partial charge in [-0.15, -0.1) is 0 Å². The Hall–Kier alpha value is -0.570. The van der Waals surface area contributed by atoms with Gasteiger partial charge in [-0.05, 0) is 20.3 Å². The summed E-state index contributed by atoms with van der Waals surface area (Å²) >= 11 is 0. The summed E-state index contributed by atoms with van der Waals surface area (Å²) in [4.78, 5) is 13.8. The first kappa shape index (κ1) is 11.5. The predicted molar refractivity (Wildman–Crippen MR) is 56.0 cm³/mol. The second-order valence-corrected chi connectivity index (χ2v) is 4.31. The number of carbonyl (C=O) groups is 1. The summed E-state index contributed by atoms with van der Waals surface area (Å²) in [6, 6.07) is 0. The summed E-state index contributed by atoms with van der Waals surface area (Å²) in [5, 5.41) is 0. The SMILES string of the molecule is CCC(C)C(=O)N1CC(C)OC(C)C1. The van der Waals surface area contributed by atoms with E-state index in [2.05, 4.69) is 6.92 Å². The van der Waals surface area contributed by atoms with Crippen molar-refractivity contribution in [2.75, 3.05) is 13.1 Å². The van der Waals surface area contributed by atoms with E-state index < -0.39 is 0 Å². The third-order valence-electron chi connectivity index (χ3n) is 2.77. The van der Waals surface area contributed by atoms with Crippen molar-refractivity contribution in [3.63, 3.8) is 0 Å². The van der Waals surface area contributed by atoms with E-state index in [0.717, 1.165) is 19.5 Å². The van der Waals surface area contributed by atoms with Crippen molar-refractivity contribution in [2.45, 2.75) is 46.3 Å². The number of hydrogen-bond acceptors (Lipinski definition) is 2. The number of hydrogen-bond donors (Lipinski definition) is 0. The third-order valence-corrected chi connectivity index (χ3v) is 2.77. The van der Waals surface area contributed by atoms with Crippen LogP contribution in [-0.4, -0.2) is 36.1 Å². The van der Waals surface area contributed by atoms with Crippen molar-refractivity contribution < 1.29 is 9.53 Å². The molecule has 3 nitrogen and oxygen atoms in total. The molecule has 14 heavy (non-hydrogen) atoms. The van der Waals surface area contributed by atoms with Gasteiger partial charge in [0.15, 0.2) is 0 Å². The molecule has 1 saturated heterocycles. The highest BCUT2D eigenvalue weighted by molar-refractivity contribution is 5.78. The lowest BCUT2D eigenvalue weighted by Crippen LogP contribution is -2.49. The van der Waals surface area contributed by atoms with E-state index in [1.54, 1.807) is 0 Å². The Labute approximate surface area is 86.4 Å². The summed E-state index contributed by atoms with van der Waals surface area (Å²) in [5.41, 5.74) is 0. The summed E-state index contributed by atoms with van der Waals surface area (Å²) in [6.45, 7) is 9.57. The van der Waals surface area contributed by atoms with Gasteiger partial charge < -0.3 is 9.64 Å². The van der Waals surface area contributed by atoms with Gasteiger partial charge in [-0.3, -0.25) is 4.79 Å². The van der Waals surface area contributed by atoms with Gasteiger partial charge in [-0.25, -0.2) is 0 Å². The Kier molecular flexibility index (Phi) is 3.93.